The first-order valence-corrected chi connectivity index (χ1v) is 12.3. The molecular formula is C28H30ClN3O3. The number of unbranched alkanes of at least 4 members (excludes halogenated alkanes) is 1. The second kappa shape index (κ2) is 12.3. The van der Waals surface area contributed by atoms with Crippen molar-refractivity contribution < 1.29 is 14.3 Å². The Hall–Kier alpha value is -3.51. The molecule has 0 aliphatic rings. The van der Waals surface area contributed by atoms with Crippen LogP contribution in [0.5, 0.6) is 11.5 Å². The van der Waals surface area contributed by atoms with E-state index in [1.807, 2.05) is 36.4 Å². The second-order valence-electron chi connectivity index (χ2n) is 8.33. The lowest BCUT2D eigenvalue weighted by molar-refractivity contribution is -0.123. The first-order chi connectivity index (χ1) is 17.1. The summed E-state index contributed by atoms with van der Waals surface area (Å²) in [6.45, 7) is 4.03. The van der Waals surface area contributed by atoms with E-state index in [1.165, 1.54) is 0 Å². The molecule has 6 nitrogen and oxygen atoms in total. The number of para-hydroxylation sites is 3. The lowest BCUT2D eigenvalue weighted by atomic mass is 10.2. The number of aryl methyl sites for hydroxylation is 2. The molecule has 4 rings (SSSR count). The number of amides is 1. The molecule has 0 fully saturated rings. The van der Waals surface area contributed by atoms with Crippen molar-refractivity contribution in [3.63, 3.8) is 0 Å². The number of rotatable bonds is 12. The summed E-state index contributed by atoms with van der Waals surface area (Å²) in [7, 11) is 0. The predicted molar refractivity (Wildman–Crippen MR) is 139 cm³/mol. The molecule has 0 saturated carbocycles. The molecular weight excluding hydrogens is 462 g/mol. The average Bonchev–Trinajstić information content (AvgIpc) is 3.22. The molecule has 0 aliphatic carbocycles. The number of nitrogens with one attached hydrogen (secondary N) is 1. The van der Waals surface area contributed by atoms with Gasteiger partial charge in [0.15, 0.2) is 6.61 Å². The van der Waals surface area contributed by atoms with Crippen LogP contribution >= 0.6 is 11.6 Å². The summed E-state index contributed by atoms with van der Waals surface area (Å²) in [6, 6.07) is 23.2. The van der Waals surface area contributed by atoms with Gasteiger partial charge in [-0.1, -0.05) is 41.9 Å². The smallest absolute Gasteiger partial charge is 0.257 e. The highest BCUT2D eigenvalue weighted by atomic mass is 35.5. The van der Waals surface area contributed by atoms with Gasteiger partial charge >= 0.3 is 0 Å². The van der Waals surface area contributed by atoms with E-state index in [2.05, 4.69) is 28.9 Å². The highest BCUT2D eigenvalue weighted by molar-refractivity contribution is 6.30. The predicted octanol–water partition coefficient (Wildman–Crippen LogP) is 5.60. The molecule has 0 saturated heterocycles. The number of imidazole rings is 1. The van der Waals surface area contributed by atoms with Crippen molar-refractivity contribution in [3.05, 3.63) is 89.2 Å². The first-order valence-electron chi connectivity index (χ1n) is 11.9. The van der Waals surface area contributed by atoms with Crippen molar-refractivity contribution in [2.75, 3.05) is 19.8 Å². The van der Waals surface area contributed by atoms with E-state index in [1.54, 1.807) is 24.3 Å². The fourth-order valence-electron chi connectivity index (χ4n) is 3.88. The van der Waals surface area contributed by atoms with Crippen molar-refractivity contribution in [3.8, 4) is 11.5 Å². The van der Waals surface area contributed by atoms with E-state index in [4.69, 9.17) is 26.1 Å². The number of halogens is 1. The SMILES string of the molecule is Cc1ccccc1OCCCCn1c(CCNC(=O)COc2ccc(Cl)cc2)nc2ccccc21. The van der Waals surface area contributed by atoms with Crippen LogP contribution in [0.25, 0.3) is 11.0 Å². The summed E-state index contributed by atoms with van der Waals surface area (Å²) in [5, 5.41) is 3.55. The Morgan fingerprint density at radius 2 is 1.74 bits per heavy atom. The van der Waals surface area contributed by atoms with Gasteiger partial charge in [-0.3, -0.25) is 4.79 Å². The minimum Gasteiger partial charge on any atom is -0.493 e. The normalized spacial score (nSPS) is 10.9. The summed E-state index contributed by atoms with van der Waals surface area (Å²) in [5.41, 5.74) is 3.23. The molecule has 4 aromatic rings. The molecule has 182 valence electrons. The van der Waals surface area contributed by atoms with Gasteiger partial charge in [0.2, 0.25) is 0 Å². The summed E-state index contributed by atoms with van der Waals surface area (Å²) in [4.78, 5) is 17.0. The summed E-state index contributed by atoms with van der Waals surface area (Å²) >= 11 is 5.87. The number of aromatic nitrogens is 2. The number of carbonyl (C=O) groups is 1. The van der Waals surface area contributed by atoms with Crippen LogP contribution in [0.1, 0.15) is 24.2 Å². The van der Waals surface area contributed by atoms with Gasteiger partial charge in [0.1, 0.15) is 17.3 Å². The van der Waals surface area contributed by atoms with Crippen LogP contribution < -0.4 is 14.8 Å². The van der Waals surface area contributed by atoms with Gasteiger partial charge in [-0.05, 0) is 67.8 Å². The molecule has 0 aliphatic heterocycles. The zero-order valence-electron chi connectivity index (χ0n) is 19.9. The van der Waals surface area contributed by atoms with Crippen molar-refractivity contribution in [2.45, 2.75) is 32.7 Å². The van der Waals surface area contributed by atoms with Crippen LogP contribution in [0.2, 0.25) is 5.02 Å². The minimum atomic E-state index is -0.170. The van der Waals surface area contributed by atoms with Crippen LogP contribution in [-0.4, -0.2) is 35.2 Å². The highest BCUT2D eigenvalue weighted by Gasteiger charge is 2.11. The standard InChI is InChI=1S/C28H30ClN3O3/c1-21-8-2-5-11-26(21)34-19-7-6-18-32-25-10-4-3-9-24(25)31-27(32)16-17-30-28(33)20-35-23-14-12-22(29)13-15-23/h2-5,8-15H,6-7,16-20H2,1H3,(H,30,33). The Morgan fingerprint density at radius 3 is 2.57 bits per heavy atom. The minimum absolute atomic E-state index is 0.0427. The lowest BCUT2D eigenvalue weighted by Gasteiger charge is -2.12. The average molecular weight is 492 g/mol. The van der Waals surface area contributed by atoms with Gasteiger partial charge in [-0.15, -0.1) is 0 Å². The molecule has 0 atom stereocenters. The van der Waals surface area contributed by atoms with E-state index < -0.39 is 0 Å². The molecule has 0 bridgehead atoms. The Kier molecular flexibility index (Phi) is 8.63. The van der Waals surface area contributed by atoms with E-state index >= 15 is 0 Å². The first kappa shape index (κ1) is 24.6. The van der Waals surface area contributed by atoms with Crippen molar-refractivity contribution in [1.29, 1.82) is 0 Å². The summed E-state index contributed by atoms with van der Waals surface area (Å²) < 4.78 is 13.7. The van der Waals surface area contributed by atoms with E-state index in [0.29, 0.717) is 30.3 Å². The van der Waals surface area contributed by atoms with Crippen LogP contribution in [0, 0.1) is 6.92 Å². The molecule has 1 N–H and O–H groups in total. The monoisotopic (exact) mass is 491 g/mol. The Bertz CT molecular complexity index is 1250. The van der Waals surface area contributed by atoms with Crippen LogP contribution in [0.3, 0.4) is 0 Å². The van der Waals surface area contributed by atoms with Crippen molar-refractivity contribution in [2.24, 2.45) is 0 Å². The third-order valence-corrected chi connectivity index (χ3v) is 5.97. The van der Waals surface area contributed by atoms with E-state index in [0.717, 1.165) is 47.6 Å². The Morgan fingerprint density at radius 1 is 0.971 bits per heavy atom. The number of hydrogen-bond donors (Lipinski definition) is 1. The fraction of sp³-hybridized carbons (Fsp3) is 0.286. The zero-order valence-corrected chi connectivity index (χ0v) is 20.6. The molecule has 0 radical (unpaired) electrons. The van der Waals surface area contributed by atoms with E-state index in [9.17, 15) is 4.79 Å². The summed E-state index contributed by atoms with van der Waals surface area (Å²) in [5.74, 6) is 2.34. The molecule has 0 spiro atoms. The van der Waals surface area contributed by atoms with Gasteiger partial charge in [0, 0.05) is 24.5 Å². The van der Waals surface area contributed by atoms with Gasteiger partial charge in [-0.2, -0.15) is 0 Å². The largest absolute Gasteiger partial charge is 0.493 e. The number of ether oxygens (including phenoxy) is 2. The second-order valence-corrected chi connectivity index (χ2v) is 8.77. The third-order valence-electron chi connectivity index (χ3n) is 5.72. The number of carbonyl (C=O) groups excluding carboxylic acids is 1. The maximum atomic E-state index is 12.2. The van der Waals surface area contributed by atoms with E-state index in [-0.39, 0.29) is 12.5 Å². The van der Waals surface area contributed by atoms with Crippen molar-refractivity contribution >= 4 is 28.5 Å². The van der Waals surface area contributed by atoms with Crippen LogP contribution in [0.15, 0.2) is 72.8 Å². The summed E-state index contributed by atoms with van der Waals surface area (Å²) in [6.07, 6.45) is 2.56. The molecule has 7 heteroatoms. The third kappa shape index (κ3) is 6.99. The topological polar surface area (TPSA) is 65.4 Å². The van der Waals surface area contributed by atoms with Gasteiger partial charge < -0.3 is 19.4 Å². The van der Waals surface area contributed by atoms with Crippen LogP contribution in [0.4, 0.5) is 0 Å². The maximum absolute atomic E-state index is 12.2. The number of hydrogen-bond acceptors (Lipinski definition) is 4. The number of fused-ring (bicyclic) bond motifs is 1. The number of benzene rings is 3. The molecule has 0 unspecified atom stereocenters. The zero-order chi connectivity index (χ0) is 24.5. The highest BCUT2D eigenvalue weighted by Crippen LogP contribution is 2.19. The lowest BCUT2D eigenvalue weighted by Crippen LogP contribution is -2.31. The van der Waals surface area contributed by atoms with Gasteiger partial charge in [0.25, 0.3) is 5.91 Å². The number of nitrogens with zero attached hydrogens (tertiary/aromatic N) is 2. The molecule has 1 amide bonds. The van der Waals surface area contributed by atoms with Crippen molar-refractivity contribution in [1.82, 2.24) is 14.9 Å². The fourth-order valence-corrected chi connectivity index (χ4v) is 4.01. The van der Waals surface area contributed by atoms with Gasteiger partial charge in [-0.25, -0.2) is 4.98 Å². The van der Waals surface area contributed by atoms with Gasteiger partial charge in [0.05, 0.1) is 17.6 Å². The Labute approximate surface area is 210 Å². The maximum Gasteiger partial charge on any atom is 0.257 e. The Balaban J connectivity index is 1.27. The molecule has 1 heterocycles. The molecule has 35 heavy (non-hydrogen) atoms. The van der Waals surface area contributed by atoms with Crippen LogP contribution in [-0.2, 0) is 17.8 Å². The quantitative estimate of drug-likeness (QED) is 0.262. The molecule has 1 aromatic heterocycles. The molecule has 3 aromatic carbocycles.